The molecule has 1 aromatic rings. The normalized spacial score (nSPS) is 17.2. The number of nitrogens with two attached hydrogens (primary N) is 1. The average Bonchev–Trinajstić information content (AvgIpc) is 2.99. The van der Waals surface area contributed by atoms with Crippen molar-refractivity contribution in [2.24, 2.45) is 5.73 Å². The van der Waals surface area contributed by atoms with Gasteiger partial charge < -0.3 is 11.1 Å². The van der Waals surface area contributed by atoms with Gasteiger partial charge in [-0.25, -0.2) is 4.39 Å². The molecule has 0 heterocycles. The van der Waals surface area contributed by atoms with Gasteiger partial charge in [-0.2, -0.15) is 0 Å². The van der Waals surface area contributed by atoms with Gasteiger partial charge >= 0.3 is 0 Å². The molecular weight excluding hydrogens is 239 g/mol. The van der Waals surface area contributed by atoms with Crippen LogP contribution in [0.2, 0.25) is 5.02 Å². The van der Waals surface area contributed by atoms with Gasteiger partial charge in [0.15, 0.2) is 0 Å². The van der Waals surface area contributed by atoms with E-state index in [-0.39, 0.29) is 11.4 Å². The number of benzene rings is 1. The second kappa shape index (κ2) is 4.92. The van der Waals surface area contributed by atoms with E-state index in [1.165, 1.54) is 6.07 Å². The zero-order chi connectivity index (χ0) is 12.5. The molecule has 0 amide bonds. The molecule has 0 bridgehead atoms. The first kappa shape index (κ1) is 12.8. The molecule has 94 valence electrons. The van der Waals surface area contributed by atoms with Crippen molar-refractivity contribution in [2.75, 3.05) is 13.1 Å². The number of hydrogen-bond donors (Lipinski definition) is 2. The lowest BCUT2D eigenvalue weighted by Crippen LogP contribution is -2.36. The maximum absolute atomic E-state index is 13.4. The highest BCUT2D eigenvalue weighted by atomic mass is 35.5. The van der Waals surface area contributed by atoms with Gasteiger partial charge in [0.1, 0.15) is 5.82 Å². The minimum atomic E-state index is -0.193. The summed E-state index contributed by atoms with van der Waals surface area (Å²) in [6.07, 6.45) is 2.92. The Morgan fingerprint density at radius 3 is 2.82 bits per heavy atom. The maximum Gasteiger partial charge on any atom is 0.126 e. The molecule has 0 aliphatic heterocycles. The van der Waals surface area contributed by atoms with Crippen LogP contribution in [0.4, 0.5) is 4.39 Å². The van der Waals surface area contributed by atoms with Gasteiger partial charge in [0.2, 0.25) is 0 Å². The molecule has 0 unspecified atom stereocenters. The summed E-state index contributed by atoms with van der Waals surface area (Å²) < 4.78 is 13.4. The molecule has 0 radical (unpaired) electrons. The monoisotopic (exact) mass is 256 g/mol. The fourth-order valence-electron chi connectivity index (χ4n) is 1.78. The molecule has 1 aliphatic carbocycles. The molecule has 1 fully saturated rings. The average molecular weight is 257 g/mol. The van der Waals surface area contributed by atoms with E-state index in [1.807, 2.05) is 0 Å². The summed E-state index contributed by atoms with van der Waals surface area (Å²) in [5.41, 5.74) is 7.41. The summed E-state index contributed by atoms with van der Waals surface area (Å²) in [5, 5.41) is 3.93. The molecule has 3 N–H and O–H groups in total. The lowest BCUT2D eigenvalue weighted by atomic mass is 10.1. The van der Waals surface area contributed by atoms with Crippen molar-refractivity contribution in [1.29, 1.82) is 0 Å². The molecule has 2 nitrogen and oxygen atoms in total. The highest BCUT2D eigenvalue weighted by Gasteiger charge is 2.37. The standard InChI is InChI=1S/C13H18ClFN2/c1-9-6-11(14)10(7-12(9)15)2-5-17-8-13(16)3-4-13/h6-7,17H,2-5,8,16H2,1H3. The zero-order valence-electron chi connectivity index (χ0n) is 10.0. The van der Waals surface area contributed by atoms with Crippen LogP contribution >= 0.6 is 11.6 Å². The van der Waals surface area contributed by atoms with Gasteiger partial charge in [-0.05, 0) is 56.0 Å². The van der Waals surface area contributed by atoms with Crippen molar-refractivity contribution >= 4 is 11.6 Å². The van der Waals surface area contributed by atoms with Crippen molar-refractivity contribution in [3.8, 4) is 0 Å². The van der Waals surface area contributed by atoms with E-state index in [0.717, 1.165) is 37.9 Å². The van der Waals surface area contributed by atoms with Crippen molar-refractivity contribution in [1.82, 2.24) is 5.32 Å². The summed E-state index contributed by atoms with van der Waals surface area (Å²) in [4.78, 5) is 0. The number of halogens is 2. The molecular formula is C13H18ClFN2. The Balaban J connectivity index is 1.84. The van der Waals surface area contributed by atoms with Gasteiger partial charge in [-0.1, -0.05) is 11.6 Å². The maximum atomic E-state index is 13.4. The second-order valence-corrected chi connectivity index (χ2v) is 5.39. The van der Waals surface area contributed by atoms with Crippen LogP contribution in [0.25, 0.3) is 0 Å². The molecule has 4 heteroatoms. The first-order valence-electron chi connectivity index (χ1n) is 5.94. The van der Waals surface area contributed by atoms with E-state index in [0.29, 0.717) is 10.6 Å². The molecule has 1 aliphatic rings. The summed E-state index contributed by atoms with van der Waals surface area (Å²) in [6.45, 7) is 3.33. The molecule has 17 heavy (non-hydrogen) atoms. The summed E-state index contributed by atoms with van der Waals surface area (Å²) in [6, 6.07) is 3.20. The Morgan fingerprint density at radius 1 is 1.47 bits per heavy atom. The van der Waals surface area contributed by atoms with Crippen molar-refractivity contribution in [3.05, 3.63) is 34.1 Å². The zero-order valence-corrected chi connectivity index (χ0v) is 10.8. The number of aryl methyl sites for hydroxylation is 1. The van der Waals surface area contributed by atoms with E-state index in [1.54, 1.807) is 13.0 Å². The van der Waals surface area contributed by atoms with Crippen LogP contribution in [0.5, 0.6) is 0 Å². The van der Waals surface area contributed by atoms with Crippen LogP contribution in [0.15, 0.2) is 12.1 Å². The van der Waals surface area contributed by atoms with Crippen LogP contribution < -0.4 is 11.1 Å². The van der Waals surface area contributed by atoms with Gasteiger partial charge in [0.05, 0.1) is 0 Å². The summed E-state index contributed by atoms with van der Waals surface area (Å²) >= 11 is 6.06. The van der Waals surface area contributed by atoms with Crippen LogP contribution in [0.1, 0.15) is 24.0 Å². The van der Waals surface area contributed by atoms with E-state index < -0.39 is 0 Å². The third-order valence-corrected chi connectivity index (χ3v) is 3.62. The molecule has 0 aromatic heterocycles. The molecule has 0 atom stereocenters. The van der Waals surface area contributed by atoms with Crippen LogP contribution in [0, 0.1) is 12.7 Å². The SMILES string of the molecule is Cc1cc(Cl)c(CCNCC2(N)CC2)cc1F. The Morgan fingerprint density at radius 2 is 2.18 bits per heavy atom. The van der Waals surface area contributed by atoms with Crippen molar-refractivity contribution < 1.29 is 4.39 Å². The Bertz CT molecular complexity index is 416. The van der Waals surface area contributed by atoms with Gasteiger partial charge in [0, 0.05) is 17.1 Å². The number of rotatable bonds is 5. The number of nitrogens with one attached hydrogen (secondary N) is 1. The molecule has 1 saturated carbocycles. The Labute approximate surface area is 106 Å². The van der Waals surface area contributed by atoms with Crippen molar-refractivity contribution in [2.45, 2.75) is 31.7 Å². The van der Waals surface area contributed by atoms with Crippen molar-refractivity contribution in [3.63, 3.8) is 0 Å². The third-order valence-electron chi connectivity index (χ3n) is 3.27. The van der Waals surface area contributed by atoms with Gasteiger partial charge in [-0.3, -0.25) is 0 Å². The quantitative estimate of drug-likeness (QED) is 0.794. The highest BCUT2D eigenvalue weighted by molar-refractivity contribution is 6.31. The first-order chi connectivity index (χ1) is 8.00. The van der Waals surface area contributed by atoms with Gasteiger partial charge in [0.25, 0.3) is 0 Å². The van der Waals surface area contributed by atoms with E-state index in [9.17, 15) is 4.39 Å². The predicted octanol–water partition coefficient (Wildman–Crippen LogP) is 2.41. The Kier molecular flexibility index (Phi) is 3.71. The Hall–Kier alpha value is -0.640. The second-order valence-electron chi connectivity index (χ2n) is 4.98. The van der Waals surface area contributed by atoms with E-state index in [4.69, 9.17) is 17.3 Å². The predicted molar refractivity (Wildman–Crippen MR) is 68.9 cm³/mol. The highest BCUT2D eigenvalue weighted by Crippen LogP contribution is 2.30. The largest absolute Gasteiger partial charge is 0.324 e. The van der Waals surface area contributed by atoms with Crippen LogP contribution in [-0.2, 0) is 6.42 Å². The first-order valence-corrected chi connectivity index (χ1v) is 6.32. The topological polar surface area (TPSA) is 38.0 Å². The number of hydrogen-bond acceptors (Lipinski definition) is 2. The smallest absolute Gasteiger partial charge is 0.126 e. The minimum absolute atomic E-state index is 0.0162. The van der Waals surface area contributed by atoms with Crippen LogP contribution in [0.3, 0.4) is 0 Å². The molecule has 0 saturated heterocycles. The molecule has 2 rings (SSSR count). The minimum Gasteiger partial charge on any atom is -0.324 e. The summed E-state index contributed by atoms with van der Waals surface area (Å²) in [5.74, 6) is -0.193. The fourth-order valence-corrected chi connectivity index (χ4v) is 2.09. The third kappa shape index (κ3) is 3.41. The molecule has 0 spiro atoms. The van der Waals surface area contributed by atoms with Gasteiger partial charge in [-0.15, -0.1) is 0 Å². The summed E-state index contributed by atoms with van der Waals surface area (Å²) in [7, 11) is 0. The fraction of sp³-hybridized carbons (Fsp3) is 0.538. The molecule has 1 aromatic carbocycles. The van der Waals surface area contributed by atoms with Crippen LogP contribution in [-0.4, -0.2) is 18.6 Å². The lowest BCUT2D eigenvalue weighted by molar-refractivity contribution is 0.569. The van der Waals surface area contributed by atoms with E-state index in [2.05, 4.69) is 5.32 Å². The van der Waals surface area contributed by atoms with E-state index >= 15 is 0 Å². The lowest BCUT2D eigenvalue weighted by Gasteiger charge is -2.11.